The predicted molar refractivity (Wildman–Crippen MR) is 103 cm³/mol. The van der Waals surface area contributed by atoms with Crippen molar-refractivity contribution >= 4 is 11.7 Å². The van der Waals surface area contributed by atoms with Crippen LogP contribution >= 0.6 is 0 Å². The summed E-state index contributed by atoms with van der Waals surface area (Å²) in [4.78, 5) is 13.2. The highest BCUT2D eigenvalue weighted by atomic mass is 16.5. The van der Waals surface area contributed by atoms with Gasteiger partial charge < -0.3 is 14.7 Å². The lowest BCUT2D eigenvalue weighted by Gasteiger charge is -2.20. The molecule has 0 unspecified atom stereocenters. The molecule has 0 aliphatic rings. The fourth-order valence-electron chi connectivity index (χ4n) is 2.71. The van der Waals surface area contributed by atoms with Crippen molar-refractivity contribution in [3.8, 4) is 5.75 Å². The van der Waals surface area contributed by atoms with Gasteiger partial charge in [0.05, 0.1) is 5.56 Å². The molecule has 4 heteroatoms. The summed E-state index contributed by atoms with van der Waals surface area (Å²) in [5, 5.41) is 9.10. The summed E-state index contributed by atoms with van der Waals surface area (Å²) < 4.78 is 5.80. The predicted octanol–water partition coefficient (Wildman–Crippen LogP) is 4.60. The first kappa shape index (κ1) is 17.5. The van der Waals surface area contributed by atoms with Crippen LogP contribution in [0.2, 0.25) is 0 Å². The molecule has 26 heavy (non-hydrogen) atoms. The summed E-state index contributed by atoms with van der Waals surface area (Å²) in [7, 11) is 1.98. The van der Waals surface area contributed by atoms with E-state index in [2.05, 4.69) is 4.90 Å². The molecule has 0 aliphatic carbocycles. The highest BCUT2D eigenvalue weighted by Crippen LogP contribution is 2.21. The van der Waals surface area contributed by atoms with Gasteiger partial charge in [-0.25, -0.2) is 4.79 Å². The number of carboxylic acid groups (broad SMARTS) is 1. The highest BCUT2D eigenvalue weighted by Gasteiger charge is 2.06. The number of benzene rings is 3. The van der Waals surface area contributed by atoms with Gasteiger partial charge in [0.25, 0.3) is 0 Å². The van der Waals surface area contributed by atoms with Crippen LogP contribution in [-0.4, -0.2) is 18.1 Å². The number of anilines is 1. The van der Waals surface area contributed by atoms with Crippen molar-refractivity contribution in [1.29, 1.82) is 0 Å². The van der Waals surface area contributed by atoms with E-state index >= 15 is 0 Å². The third-order valence-corrected chi connectivity index (χ3v) is 4.12. The van der Waals surface area contributed by atoms with Gasteiger partial charge >= 0.3 is 5.97 Å². The summed E-state index contributed by atoms with van der Waals surface area (Å²) in [6.45, 7) is 1.17. The molecule has 4 nitrogen and oxygen atoms in total. The normalized spacial score (nSPS) is 10.3. The van der Waals surface area contributed by atoms with Gasteiger partial charge in [-0.1, -0.05) is 42.5 Å². The highest BCUT2D eigenvalue weighted by molar-refractivity contribution is 5.87. The minimum Gasteiger partial charge on any atom is -0.489 e. The minimum atomic E-state index is -0.908. The zero-order valence-corrected chi connectivity index (χ0v) is 14.6. The molecule has 0 aromatic heterocycles. The van der Waals surface area contributed by atoms with Crippen molar-refractivity contribution in [2.75, 3.05) is 11.9 Å². The summed E-state index contributed by atoms with van der Waals surface area (Å²) in [6, 6.07) is 25.0. The Balaban J connectivity index is 1.60. The summed E-state index contributed by atoms with van der Waals surface area (Å²) in [6.07, 6.45) is 0. The molecular formula is C22H21NO3. The first-order chi connectivity index (χ1) is 12.6. The van der Waals surface area contributed by atoms with E-state index in [1.54, 1.807) is 18.2 Å². The maximum atomic E-state index is 11.1. The Morgan fingerprint density at radius 1 is 0.923 bits per heavy atom. The SMILES string of the molecule is CN(Cc1cccc(C(=O)O)c1)c1ccc(OCc2ccccc2)cc1. The summed E-state index contributed by atoms with van der Waals surface area (Å²) in [5.74, 6) is -0.0895. The van der Waals surface area contributed by atoms with E-state index in [1.807, 2.05) is 67.7 Å². The molecular weight excluding hydrogens is 326 g/mol. The van der Waals surface area contributed by atoms with Gasteiger partial charge in [-0.3, -0.25) is 0 Å². The van der Waals surface area contributed by atoms with Gasteiger partial charge in [0, 0.05) is 19.3 Å². The lowest BCUT2D eigenvalue weighted by molar-refractivity contribution is 0.0696. The van der Waals surface area contributed by atoms with Crippen LogP contribution in [0, 0.1) is 0 Å². The Bertz CT molecular complexity index is 860. The zero-order valence-electron chi connectivity index (χ0n) is 14.6. The van der Waals surface area contributed by atoms with Crippen molar-refractivity contribution in [2.24, 2.45) is 0 Å². The van der Waals surface area contributed by atoms with Crippen molar-refractivity contribution < 1.29 is 14.6 Å². The zero-order chi connectivity index (χ0) is 18.4. The lowest BCUT2D eigenvalue weighted by Crippen LogP contribution is -2.16. The number of hydrogen-bond acceptors (Lipinski definition) is 3. The van der Waals surface area contributed by atoms with E-state index in [0.717, 1.165) is 22.6 Å². The van der Waals surface area contributed by atoms with Gasteiger partial charge in [0.15, 0.2) is 0 Å². The van der Waals surface area contributed by atoms with E-state index in [4.69, 9.17) is 9.84 Å². The van der Waals surface area contributed by atoms with Gasteiger partial charge in [-0.05, 0) is 47.5 Å². The van der Waals surface area contributed by atoms with Crippen LogP contribution in [0.4, 0.5) is 5.69 Å². The standard InChI is InChI=1S/C22H21NO3/c1-23(15-18-8-5-9-19(14-18)22(24)25)20-10-12-21(13-11-20)26-16-17-6-3-2-4-7-17/h2-14H,15-16H2,1H3,(H,24,25). The monoisotopic (exact) mass is 347 g/mol. The Hall–Kier alpha value is -3.27. The van der Waals surface area contributed by atoms with E-state index in [0.29, 0.717) is 18.7 Å². The molecule has 0 amide bonds. The third kappa shape index (κ3) is 4.63. The molecule has 3 rings (SSSR count). The molecule has 0 bridgehead atoms. The van der Waals surface area contributed by atoms with Gasteiger partial charge in [0.1, 0.15) is 12.4 Å². The average molecular weight is 347 g/mol. The second-order valence-electron chi connectivity index (χ2n) is 6.13. The molecule has 3 aromatic carbocycles. The van der Waals surface area contributed by atoms with Crippen LogP contribution in [-0.2, 0) is 13.2 Å². The van der Waals surface area contributed by atoms with Crippen molar-refractivity contribution in [2.45, 2.75) is 13.2 Å². The second kappa shape index (κ2) is 8.21. The quantitative estimate of drug-likeness (QED) is 0.678. The summed E-state index contributed by atoms with van der Waals surface area (Å²) in [5.41, 5.74) is 3.43. The summed E-state index contributed by atoms with van der Waals surface area (Å²) >= 11 is 0. The van der Waals surface area contributed by atoms with Crippen LogP contribution < -0.4 is 9.64 Å². The van der Waals surface area contributed by atoms with E-state index < -0.39 is 5.97 Å². The number of nitrogens with zero attached hydrogens (tertiary/aromatic N) is 1. The number of hydrogen-bond donors (Lipinski definition) is 1. The molecule has 0 heterocycles. The molecule has 1 N–H and O–H groups in total. The first-order valence-electron chi connectivity index (χ1n) is 8.42. The Morgan fingerprint density at radius 3 is 2.31 bits per heavy atom. The van der Waals surface area contributed by atoms with Crippen molar-refractivity contribution in [3.05, 3.63) is 95.6 Å². The smallest absolute Gasteiger partial charge is 0.335 e. The van der Waals surface area contributed by atoms with Gasteiger partial charge in [-0.15, -0.1) is 0 Å². The van der Waals surface area contributed by atoms with Crippen LogP contribution in [0.1, 0.15) is 21.5 Å². The molecule has 0 atom stereocenters. The Morgan fingerprint density at radius 2 is 1.62 bits per heavy atom. The molecule has 0 saturated heterocycles. The van der Waals surface area contributed by atoms with Crippen LogP contribution in [0.5, 0.6) is 5.75 Å². The van der Waals surface area contributed by atoms with Crippen LogP contribution in [0.3, 0.4) is 0 Å². The lowest BCUT2D eigenvalue weighted by atomic mass is 10.1. The molecule has 0 fully saturated rings. The van der Waals surface area contributed by atoms with Crippen molar-refractivity contribution in [3.63, 3.8) is 0 Å². The van der Waals surface area contributed by atoms with Crippen LogP contribution in [0.25, 0.3) is 0 Å². The maximum absolute atomic E-state index is 11.1. The van der Waals surface area contributed by atoms with E-state index in [-0.39, 0.29) is 0 Å². The van der Waals surface area contributed by atoms with Gasteiger partial charge in [-0.2, -0.15) is 0 Å². The Kier molecular flexibility index (Phi) is 5.54. The minimum absolute atomic E-state index is 0.306. The number of carbonyl (C=O) groups is 1. The third-order valence-electron chi connectivity index (χ3n) is 4.12. The number of rotatable bonds is 7. The average Bonchev–Trinajstić information content (AvgIpc) is 2.68. The molecule has 0 saturated carbocycles. The first-order valence-corrected chi connectivity index (χ1v) is 8.42. The number of aromatic carboxylic acids is 1. The Labute approximate surface area is 153 Å². The molecule has 0 aliphatic heterocycles. The fourth-order valence-corrected chi connectivity index (χ4v) is 2.71. The largest absolute Gasteiger partial charge is 0.489 e. The molecule has 3 aromatic rings. The molecule has 132 valence electrons. The van der Waals surface area contributed by atoms with E-state index in [9.17, 15) is 4.79 Å². The number of ether oxygens (including phenoxy) is 1. The fraction of sp³-hybridized carbons (Fsp3) is 0.136. The maximum Gasteiger partial charge on any atom is 0.335 e. The molecule has 0 radical (unpaired) electrons. The van der Waals surface area contributed by atoms with Crippen molar-refractivity contribution in [1.82, 2.24) is 0 Å². The van der Waals surface area contributed by atoms with Crippen LogP contribution in [0.15, 0.2) is 78.9 Å². The van der Waals surface area contributed by atoms with E-state index in [1.165, 1.54) is 0 Å². The van der Waals surface area contributed by atoms with Gasteiger partial charge in [0.2, 0.25) is 0 Å². The second-order valence-corrected chi connectivity index (χ2v) is 6.13. The topological polar surface area (TPSA) is 49.8 Å². The number of carboxylic acids is 1. The molecule has 0 spiro atoms.